The van der Waals surface area contributed by atoms with E-state index in [9.17, 15) is 9.18 Å². The Labute approximate surface area is 163 Å². The van der Waals surface area contributed by atoms with E-state index in [4.69, 9.17) is 9.47 Å². The van der Waals surface area contributed by atoms with Gasteiger partial charge in [0, 0.05) is 6.20 Å². The smallest absolute Gasteiger partial charge is 0.413 e. The van der Waals surface area contributed by atoms with Crippen LogP contribution in [0.25, 0.3) is 10.4 Å². The second-order valence-electron chi connectivity index (χ2n) is 8.04. The minimum atomic E-state index is -0.972. The van der Waals surface area contributed by atoms with Gasteiger partial charge in [0.2, 0.25) is 0 Å². The maximum atomic E-state index is 14.0. The zero-order chi connectivity index (χ0) is 19.8. The SMILES string of the molecule is CC(C)(C)OC(=O)N1C(CF)C(c2ccc(-c3cncs3)cc2)OC1(C)C. The number of hydrogen-bond acceptors (Lipinski definition) is 5. The number of amides is 1. The van der Waals surface area contributed by atoms with Crippen molar-refractivity contribution in [3.05, 3.63) is 41.5 Å². The molecule has 0 bridgehead atoms. The van der Waals surface area contributed by atoms with Crippen LogP contribution in [0.15, 0.2) is 36.0 Å². The maximum absolute atomic E-state index is 14.0. The number of halogens is 1. The van der Waals surface area contributed by atoms with Gasteiger partial charge in [0.25, 0.3) is 0 Å². The monoisotopic (exact) mass is 392 g/mol. The van der Waals surface area contributed by atoms with Crippen molar-refractivity contribution in [3.63, 3.8) is 0 Å². The van der Waals surface area contributed by atoms with Crippen molar-refractivity contribution in [3.8, 4) is 10.4 Å². The first-order chi connectivity index (χ1) is 12.6. The molecule has 1 amide bonds. The number of hydrogen-bond donors (Lipinski definition) is 0. The molecule has 0 saturated carbocycles. The Bertz CT molecular complexity index is 785. The molecule has 1 fully saturated rings. The second kappa shape index (κ2) is 7.20. The van der Waals surface area contributed by atoms with Gasteiger partial charge in [-0.1, -0.05) is 24.3 Å². The Morgan fingerprint density at radius 2 is 2.00 bits per heavy atom. The van der Waals surface area contributed by atoms with E-state index in [2.05, 4.69) is 4.98 Å². The van der Waals surface area contributed by atoms with Crippen molar-refractivity contribution in [2.45, 2.75) is 58.1 Å². The topological polar surface area (TPSA) is 51.7 Å². The molecule has 2 heterocycles. The zero-order valence-electron chi connectivity index (χ0n) is 16.2. The first kappa shape index (κ1) is 19.8. The standard InChI is InChI=1S/C20H25FN2O3S/c1-19(2,3)26-18(24)23-15(10-21)17(25-20(23,4)5)14-8-6-13(7-9-14)16-11-22-12-27-16/h6-9,11-12,15,17H,10H2,1-5H3. The first-order valence-corrected chi connectivity index (χ1v) is 9.75. The highest BCUT2D eigenvalue weighted by molar-refractivity contribution is 7.13. The van der Waals surface area contributed by atoms with Crippen LogP contribution in [0.1, 0.15) is 46.3 Å². The average Bonchev–Trinajstić information content (AvgIpc) is 3.18. The molecule has 0 radical (unpaired) electrons. The van der Waals surface area contributed by atoms with Gasteiger partial charge < -0.3 is 9.47 Å². The summed E-state index contributed by atoms with van der Waals surface area (Å²) < 4.78 is 25.6. The van der Waals surface area contributed by atoms with Gasteiger partial charge in [0.05, 0.1) is 16.4 Å². The van der Waals surface area contributed by atoms with Gasteiger partial charge in [0.15, 0.2) is 0 Å². The highest BCUT2D eigenvalue weighted by Gasteiger charge is 2.51. The third kappa shape index (κ3) is 4.14. The van der Waals surface area contributed by atoms with Gasteiger partial charge >= 0.3 is 6.09 Å². The lowest BCUT2D eigenvalue weighted by atomic mass is 10.0. The lowest BCUT2D eigenvalue weighted by molar-refractivity contribution is -0.0797. The van der Waals surface area contributed by atoms with Crippen LogP contribution in [0, 0.1) is 0 Å². The van der Waals surface area contributed by atoms with Crippen molar-refractivity contribution in [2.75, 3.05) is 6.67 Å². The lowest BCUT2D eigenvalue weighted by Gasteiger charge is -2.34. The predicted octanol–water partition coefficient (Wildman–Crippen LogP) is 5.19. The van der Waals surface area contributed by atoms with E-state index in [0.717, 1.165) is 16.0 Å². The molecule has 5 nitrogen and oxygen atoms in total. The Balaban J connectivity index is 1.87. The molecule has 2 aromatic rings. The number of aromatic nitrogens is 1. The molecule has 3 rings (SSSR count). The summed E-state index contributed by atoms with van der Waals surface area (Å²) in [7, 11) is 0. The largest absolute Gasteiger partial charge is 0.444 e. The van der Waals surface area contributed by atoms with E-state index in [1.54, 1.807) is 51.5 Å². The Morgan fingerprint density at radius 1 is 1.33 bits per heavy atom. The Kier molecular flexibility index (Phi) is 5.27. The molecule has 146 valence electrons. The Hall–Kier alpha value is -1.99. The number of alkyl halides is 1. The summed E-state index contributed by atoms with van der Waals surface area (Å²) in [5.41, 5.74) is 2.01. The molecule has 1 aliphatic heterocycles. The molecular formula is C20H25FN2O3S. The number of nitrogens with zero attached hydrogens (tertiary/aromatic N) is 2. The quantitative estimate of drug-likeness (QED) is 0.721. The number of ether oxygens (including phenoxy) is 2. The van der Waals surface area contributed by atoms with Gasteiger partial charge in [-0.2, -0.15) is 0 Å². The fourth-order valence-electron chi connectivity index (χ4n) is 3.28. The highest BCUT2D eigenvalue weighted by Crippen LogP contribution is 2.42. The van der Waals surface area contributed by atoms with Crippen LogP contribution in [0.2, 0.25) is 0 Å². The molecule has 1 aliphatic rings. The maximum Gasteiger partial charge on any atom is 0.413 e. The van der Waals surface area contributed by atoms with Crippen molar-refractivity contribution in [1.82, 2.24) is 9.88 Å². The van der Waals surface area contributed by atoms with Crippen molar-refractivity contribution >= 4 is 17.4 Å². The summed E-state index contributed by atoms with van der Waals surface area (Å²) >= 11 is 1.56. The molecule has 2 atom stereocenters. The molecule has 2 unspecified atom stereocenters. The highest BCUT2D eigenvalue weighted by atomic mass is 32.1. The van der Waals surface area contributed by atoms with Crippen LogP contribution in [0.3, 0.4) is 0 Å². The number of thiazole rings is 1. The van der Waals surface area contributed by atoms with Crippen LogP contribution >= 0.6 is 11.3 Å². The normalized spacial score (nSPS) is 22.1. The lowest BCUT2D eigenvalue weighted by Crippen LogP contribution is -2.50. The molecular weight excluding hydrogens is 367 g/mol. The first-order valence-electron chi connectivity index (χ1n) is 8.87. The molecule has 0 aliphatic carbocycles. The minimum absolute atomic E-state index is 0.562. The van der Waals surface area contributed by atoms with Crippen LogP contribution in [-0.4, -0.2) is 40.0 Å². The van der Waals surface area contributed by atoms with E-state index >= 15 is 0 Å². The van der Waals surface area contributed by atoms with Gasteiger partial charge in [-0.05, 0) is 45.7 Å². The van der Waals surface area contributed by atoms with Crippen LogP contribution in [-0.2, 0) is 9.47 Å². The summed E-state index contributed by atoms with van der Waals surface area (Å²) in [5, 5.41) is 0. The number of carbonyl (C=O) groups excluding carboxylic acids is 1. The molecule has 27 heavy (non-hydrogen) atoms. The predicted molar refractivity (Wildman–Crippen MR) is 103 cm³/mol. The molecule has 0 N–H and O–H groups in total. The molecule has 1 aromatic heterocycles. The number of carbonyl (C=O) groups is 1. The van der Waals surface area contributed by atoms with Crippen molar-refractivity contribution in [1.29, 1.82) is 0 Å². The van der Waals surface area contributed by atoms with Gasteiger partial charge in [0.1, 0.15) is 24.1 Å². The van der Waals surface area contributed by atoms with Gasteiger partial charge in [-0.25, -0.2) is 9.18 Å². The summed E-state index contributed by atoms with van der Waals surface area (Å²) in [6.45, 7) is 8.15. The molecule has 7 heteroatoms. The van der Waals surface area contributed by atoms with Gasteiger partial charge in [-0.3, -0.25) is 9.88 Å². The fraction of sp³-hybridized carbons (Fsp3) is 0.500. The summed E-state index contributed by atoms with van der Waals surface area (Å²) in [5.74, 6) is 0. The fourth-order valence-corrected chi connectivity index (χ4v) is 3.91. The number of rotatable bonds is 3. The molecule has 1 aromatic carbocycles. The van der Waals surface area contributed by atoms with Crippen LogP contribution < -0.4 is 0 Å². The van der Waals surface area contributed by atoms with Crippen LogP contribution in [0.5, 0.6) is 0 Å². The molecule has 0 spiro atoms. The summed E-state index contributed by atoms with van der Waals surface area (Å²) in [6.07, 6.45) is 0.677. The van der Waals surface area contributed by atoms with Crippen molar-refractivity contribution < 1.29 is 18.7 Å². The second-order valence-corrected chi connectivity index (χ2v) is 8.93. The van der Waals surface area contributed by atoms with Crippen LogP contribution in [0.4, 0.5) is 9.18 Å². The van der Waals surface area contributed by atoms with Gasteiger partial charge in [-0.15, -0.1) is 11.3 Å². The van der Waals surface area contributed by atoms with E-state index < -0.39 is 36.2 Å². The van der Waals surface area contributed by atoms with E-state index in [1.807, 2.05) is 30.5 Å². The summed E-state index contributed by atoms with van der Waals surface area (Å²) in [4.78, 5) is 19.2. The van der Waals surface area contributed by atoms with E-state index in [1.165, 1.54) is 4.90 Å². The van der Waals surface area contributed by atoms with Crippen molar-refractivity contribution in [2.24, 2.45) is 0 Å². The third-order valence-corrected chi connectivity index (χ3v) is 5.20. The average molecular weight is 392 g/mol. The zero-order valence-corrected chi connectivity index (χ0v) is 17.0. The number of benzene rings is 1. The molecule has 1 saturated heterocycles. The Morgan fingerprint density at radius 3 is 2.52 bits per heavy atom. The summed E-state index contributed by atoms with van der Waals surface area (Å²) in [6, 6.07) is 7.01. The van der Waals surface area contributed by atoms with E-state index in [-0.39, 0.29) is 0 Å². The van der Waals surface area contributed by atoms with E-state index in [0.29, 0.717) is 0 Å². The minimum Gasteiger partial charge on any atom is -0.444 e. The third-order valence-electron chi connectivity index (χ3n) is 4.38.